The van der Waals surface area contributed by atoms with E-state index in [9.17, 15) is 9.18 Å². The minimum Gasteiger partial charge on any atom is -0.324 e. The summed E-state index contributed by atoms with van der Waals surface area (Å²) in [5, 5.41) is 10.1. The second-order valence-corrected chi connectivity index (χ2v) is 3.22. The molecule has 6 heteroatoms. The highest BCUT2D eigenvalue weighted by atomic mass is 19.1. The van der Waals surface area contributed by atoms with Crippen molar-refractivity contribution in [3.05, 3.63) is 46.1 Å². The van der Waals surface area contributed by atoms with Crippen LogP contribution < -0.4 is 10.9 Å². The van der Waals surface area contributed by atoms with Crippen molar-refractivity contribution in [3.63, 3.8) is 0 Å². The van der Waals surface area contributed by atoms with E-state index < -0.39 is 0 Å². The minimum atomic E-state index is -0.368. The van der Waals surface area contributed by atoms with Crippen molar-refractivity contribution in [1.29, 1.82) is 0 Å². The van der Waals surface area contributed by atoms with Crippen molar-refractivity contribution in [2.75, 3.05) is 5.32 Å². The van der Waals surface area contributed by atoms with Gasteiger partial charge in [0.05, 0.1) is 0 Å². The summed E-state index contributed by atoms with van der Waals surface area (Å²) in [7, 11) is 0. The molecule has 0 aliphatic heterocycles. The molecule has 5 nitrogen and oxygen atoms in total. The van der Waals surface area contributed by atoms with Crippen molar-refractivity contribution < 1.29 is 4.39 Å². The number of aryl methyl sites for hydroxylation is 1. The Morgan fingerprint density at radius 1 is 1.38 bits per heavy atom. The maximum absolute atomic E-state index is 12.9. The predicted molar refractivity (Wildman–Crippen MR) is 57.1 cm³/mol. The molecule has 0 spiro atoms. The van der Waals surface area contributed by atoms with E-state index in [1.165, 1.54) is 12.1 Å². The standard InChI is InChI=1S/C10H9FN4O/c1-6-9(16)13-10(15-14-6)12-8-4-2-3-7(11)5-8/h2-5H,1H3,(H2,12,13,15,16). The molecule has 2 rings (SSSR count). The Morgan fingerprint density at radius 3 is 2.88 bits per heavy atom. The number of aromatic amines is 1. The summed E-state index contributed by atoms with van der Waals surface area (Å²) in [5.41, 5.74) is 0.451. The number of hydrogen-bond acceptors (Lipinski definition) is 4. The van der Waals surface area contributed by atoms with E-state index >= 15 is 0 Å². The molecule has 0 atom stereocenters. The third-order valence-corrected chi connectivity index (χ3v) is 1.95. The van der Waals surface area contributed by atoms with E-state index in [-0.39, 0.29) is 23.0 Å². The molecular weight excluding hydrogens is 211 g/mol. The van der Waals surface area contributed by atoms with Crippen LogP contribution in [-0.2, 0) is 0 Å². The zero-order chi connectivity index (χ0) is 11.5. The van der Waals surface area contributed by atoms with E-state index in [4.69, 9.17) is 0 Å². The van der Waals surface area contributed by atoms with E-state index in [1.54, 1.807) is 19.1 Å². The fraction of sp³-hybridized carbons (Fsp3) is 0.100. The lowest BCUT2D eigenvalue weighted by atomic mass is 10.3. The molecule has 0 aliphatic carbocycles. The van der Waals surface area contributed by atoms with Gasteiger partial charge in [-0.15, -0.1) is 10.2 Å². The summed E-state index contributed by atoms with van der Waals surface area (Å²) in [6.45, 7) is 1.55. The normalized spacial score (nSPS) is 10.1. The molecule has 82 valence electrons. The SMILES string of the molecule is Cc1nnc(Nc2cccc(F)c2)[nH]c1=O. The Labute approximate surface area is 90.4 Å². The Hall–Kier alpha value is -2.24. The highest BCUT2D eigenvalue weighted by molar-refractivity contribution is 5.52. The summed E-state index contributed by atoms with van der Waals surface area (Å²) in [6, 6.07) is 5.83. The molecule has 0 radical (unpaired) electrons. The first-order chi connectivity index (χ1) is 7.65. The number of rotatable bonds is 2. The van der Waals surface area contributed by atoms with Gasteiger partial charge in [0.15, 0.2) is 0 Å². The average Bonchev–Trinajstić information content (AvgIpc) is 2.24. The van der Waals surface area contributed by atoms with Gasteiger partial charge in [-0.3, -0.25) is 9.78 Å². The fourth-order valence-electron chi connectivity index (χ4n) is 1.15. The molecule has 0 aliphatic rings. The van der Waals surface area contributed by atoms with E-state index in [2.05, 4.69) is 20.5 Å². The van der Waals surface area contributed by atoms with Crippen molar-refractivity contribution in [1.82, 2.24) is 15.2 Å². The Balaban J connectivity index is 2.27. The van der Waals surface area contributed by atoms with Crippen LogP contribution >= 0.6 is 0 Å². The summed E-state index contributed by atoms with van der Waals surface area (Å²) in [4.78, 5) is 13.7. The molecule has 0 saturated carbocycles. The Bertz CT molecular complexity index is 567. The average molecular weight is 220 g/mol. The molecule has 1 aromatic carbocycles. The molecule has 1 aromatic heterocycles. The van der Waals surface area contributed by atoms with E-state index in [1.807, 2.05) is 0 Å². The number of nitrogens with zero attached hydrogens (tertiary/aromatic N) is 2. The summed E-state index contributed by atoms with van der Waals surface area (Å²) >= 11 is 0. The van der Waals surface area contributed by atoms with Crippen LogP contribution in [0.4, 0.5) is 16.0 Å². The van der Waals surface area contributed by atoms with Gasteiger partial charge in [0, 0.05) is 5.69 Å². The number of benzene rings is 1. The third-order valence-electron chi connectivity index (χ3n) is 1.95. The van der Waals surface area contributed by atoms with Gasteiger partial charge in [0.1, 0.15) is 11.5 Å². The van der Waals surface area contributed by atoms with Crippen LogP contribution in [0.1, 0.15) is 5.69 Å². The lowest BCUT2D eigenvalue weighted by Gasteiger charge is -2.03. The van der Waals surface area contributed by atoms with Crippen molar-refractivity contribution in [2.45, 2.75) is 6.92 Å². The lowest BCUT2D eigenvalue weighted by Crippen LogP contribution is -2.15. The first-order valence-electron chi connectivity index (χ1n) is 4.61. The highest BCUT2D eigenvalue weighted by Gasteiger charge is 2.01. The maximum atomic E-state index is 12.9. The van der Waals surface area contributed by atoms with Crippen molar-refractivity contribution in [3.8, 4) is 0 Å². The molecule has 2 aromatic rings. The van der Waals surface area contributed by atoms with Gasteiger partial charge in [-0.05, 0) is 25.1 Å². The van der Waals surface area contributed by atoms with Gasteiger partial charge in [-0.1, -0.05) is 6.07 Å². The molecule has 0 fully saturated rings. The van der Waals surface area contributed by atoms with Gasteiger partial charge in [0.2, 0.25) is 5.95 Å². The van der Waals surface area contributed by atoms with E-state index in [0.29, 0.717) is 5.69 Å². The van der Waals surface area contributed by atoms with Gasteiger partial charge < -0.3 is 5.32 Å². The maximum Gasteiger partial charge on any atom is 0.273 e. The lowest BCUT2D eigenvalue weighted by molar-refractivity contribution is 0.628. The largest absolute Gasteiger partial charge is 0.324 e. The Kier molecular flexibility index (Phi) is 2.63. The van der Waals surface area contributed by atoms with E-state index in [0.717, 1.165) is 0 Å². The van der Waals surface area contributed by atoms with Gasteiger partial charge in [-0.2, -0.15) is 0 Å². The Morgan fingerprint density at radius 2 is 2.19 bits per heavy atom. The molecule has 16 heavy (non-hydrogen) atoms. The minimum absolute atomic E-state index is 0.182. The number of nitrogens with one attached hydrogen (secondary N) is 2. The predicted octanol–water partition coefficient (Wildman–Crippen LogP) is 1.36. The van der Waals surface area contributed by atoms with Crippen molar-refractivity contribution >= 4 is 11.6 Å². The molecule has 0 unspecified atom stereocenters. The molecule has 2 N–H and O–H groups in total. The molecule has 1 heterocycles. The zero-order valence-corrected chi connectivity index (χ0v) is 8.49. The van der Waals surface area contributed by atoms with Crippen LogP contribution in [0.25, 0.3) is 0 Å². The molecular formula is C10H9FN4O. The van der Waals surface area contributed by atoms with Crippen LogP contribution in [0.3, 0.4) is 0 Å². The monoisotopic (exact) mass is 220 g/mol. The zero-order valence-electron chi connectivity index (χ0n) is 8.49. The van der Waals surface area contributed by atoms with Gasteiger partial charge in [0.25, 0.3) is 5.56 Å². The first-order valence-corrected chi connectivity index (χ1v) is 4.61. The number of aromatic nitrogens is 3. The first kappa shape index (κ1) is 10.3. The fourth-order valence-corrected chi connectivity index (χ4v) is 1.15. The third kappa shape index (κ3) is 2.22. The quantitative estimate of drug-likeness (QED) is 0.801. The summed E-state index contributed by atoms with van der Waals surface area (Å²) in [6.07, 6.45) is 0. The number of halogens is 1. The van der Waals surface area contributed by atoms with Crippen LogP contribution in [0, 0.1) is 12.7 Å². The van der Waals surface area contributed by atoms with Crippen LogP contribution in [-0.4, -0.2) is 15.2 Å². The highest BCUT2D eigenvalue weighted by Crippen LogP contribution is 2.12. The van der Waals surface area contributed by atoms with Gasteiger partial charge >= 0.3 is 0 Å². The van der Waals surface area contributed by atoms with Gasteiger partial charge in [-0.25, -0.2) is 4.39 Å². The van der Waals surface area contributed by atoms with Crippen LogP contribution in [0.2, 0.25) is 0 Å². The van der Waals surface area contributed by atoms with Crippen LogP contribution in [0.5, 0.6) is 0 Å². The number of anilines is 2. The molecule has 0 saturated heterocycles. The summed E-state index contributed by atoms with van der Waals surface area (Å²) < 4.78 is 12.9. The molecule has 0 bridgehead atoms. The van der Waals surface area contributed by atoms with Crippen LogP contribution in [0.15, 0.2) is 29.1 Å². The number of H-pyrrole nitrogens is 1. The second kappa shape index (κ2) is 4.09. The van der Waals surface area contributed by atoms with Crippen molar-refractivity contribution in [2.24, 2.45) is 0 Å². The second-order valence-electron chi connectivity index (χ2n) is 3.22. The molecule has 0 amide bonds. The number of hydrogen-bond donors (Lipinski definition) is 2. The summed E-state index contributed by atoms with van der Waals surface area (Å²) in [5.74, 6) is -0.186. The smallest absolute Gasteiger partial charge is 0.273 e. The topological polar surface area (TPSA) is 70.7 Å².